The van der Waals surface area contributed by atoms with E-state index >= 15 is 0 Å². The molecule has 0 bridgehead atoms. The van der Waals surface area contributed by atoms with Crippen LogP contribution in [0.1, 0.15) is 19.3 Å². The number of halogens is 1. The van der Waals surface area contributed by atoms with Gasteiger partial charge < -0.3 is 15.0 Å². The third-order valence-electron chi connectivity index (χ3n) is 6.26. The minimum Gasteiger partial charge on any atom is -0.379 e. The molecule has 1 saturated carbocycles. The van der Waals surface area contributed by atoms with Crippen molar-refractivity contribution in [2.24, 2.45) is 11.3 Å². The molecule has 0 radical (unpaired) electrons. The van der Waals surface area contributed by atoms with Gasteiger partial charge in [0.1, 0.15) is 0 Å². The topological polar surface area (TPSA) is 82.2 Å². The SMILES string of the molecule is Cl.O=C(C1CC12CCNCC2)N1CCN(S(=O)(=O)N2CCOCC2)CC1. The molecule has 4 aliphatic rings. The van der Waals surface area contributed by atoms with E-state index in [9.17, 15) is 13.2 Å². The Morgan fingerprint density at radius 1 is 0.962 bits per heavy atom. The first-order valence-electron chi connectivity index (χ1n) is 9.35. The zero-order valence-electron chi connectivity index (χ0n) is 15.1. The molecule has 26 heavy (non-hydrogen) atoms. The van der Waals surface area contributed by atoms with Crippen LogP contribution >= 0.6 is 12.4 Å². The maximum atomic E-state index is 12.8. The van der Waals surface area contributed by atoms with Crippen molar-refractivity contribution in [1.82, 2.24) is 18.8 Å². The summed E-state index contributed by atoms with van der Waals surface area (Å²) in [4.78, 5) is 14.7. The summed E-state index contributed by atoms with van der Waals surface area (Å²) in [5.74, 6) is 0.405. The highest BCUT2D eigenvalue weighted by Crippen LogP contribution is 2.59. The van der Waals surface area contributed by atoms with Crippen LogP contribution in [0.25, 0.3) is 0 Å². The molecule has 4 fully saturated rings. The first-order valence-corrected chi connectivity index (χ1v) is 10.8. The molecule has 3 heterocycles. The summed E-state index contributed by atoms with van der Waals surface area (Å²) >= 11 is 0. The molecule has 4 rings (SSSR count). The molecule has 3 aliphatic heterocycles. The summed E-state index contributed by atoms with van der Waals surface area (Å²) in [7, 11) is -3.43. The van der Waals surface area contributed by atoms with Gasteiger partial charge in [0.05, 0.1) is 13.2 Å². The van der Waals surface area contributed by atoms with E-state index < -0.39 is 10.2 Å². The van der Waals surface area contributed by atoms with E-state index in [1.165, 1.54) is 8.61 Å². The minimum atomic E-state index is -3.43. The second-order valence-electron chi connectivity index (χ2n) is 7.61. The van der Waals surface area contributed by atoms with E-state index in [4.69, 9.17) is 4.74 Å². The van der Waals surface area contributed by atoms with Crippen LogP contribution in [-0.4, -0.2) is 93.4 Å². The molecular weight excluding hydrogens is 380 g/mol. The number of carbonyl (C=O) groups is 1. The quantitative estimate of drug-likeness (QED) is 0.682. The fourth-order valence-electron chi connectivity index (χ4n) is 4.47. The molecule has 1 aliphatic carbocycles. The highest BCUT2D eigenvalue weighted by atomic mass is 35.5. The monoisotopic (exact) mass is 408 g/mol. The number of hydrogen-bond donors (Lipinski definition) is 1. The smallest absolute Gasteiger partial charge is 0.282 e. The van der Waals surface area contributed by atoms with Crippen LogP contribution in [0.4, 0.5) is 0 Å². The average molecular weight is 409 g/mol. The van der Waals surface area contributed by atoms with Crippen molar-refractivity contribution >= 4 is 28.5 Å². The summed E-state index contributed by atoms with van der Waals surface area (Å²) in [5.41, 5.74) is 0.235. The Kier molecular flexibility index (Phi) is 6.15. The highest BCUT2D eigenvalue weighted by Gasteiger charge is 2.58. The zero-order valence-corrected chi connectivity index (χ0v) is 16.7. The van der Waals surface area contributed by atoms with Crippen LogP contribution in [0.15, 0.2) is 0 Å². The summed E-state index contributed by atoms with van der Waals surface area (Å²) in [6.45, 7) is 5.57. The second kappa shape index (κ2) is 7.89. The number of nitrogens with zero attached hydrogens (tertiary/aromatic N) is 3. The van der Waals surface area contributed by atoms with Crippen molar-refractivity contribution in [3.05, 3.63) is 0 Å². The molecule has 150 valence electrons. The van der Waals surface area contributed by atoms with Crippen LogP contribution in [0.3, 0.4) is 0 Å². The van der Waals surface area contributed by atoms with Gasteiger partial charge in [-0.15, -0.1) is 12.4 Å². The number of morpholine rings is 1. The number of piperidine rings is 1. The molecule has 3 saturated heterocycles. The summed E-state index contributed by atoms with van der Waals surface area (Å²) in [6, 6.07) is 0. The number of carbonyl (C=O) groups excluding carboxylic acids is 1. The molecular formula is C16H29ClN4O4S. The van der Waals surface area contributed by atoms with Gasteiger partial charge in [-0.3, -0.25) is 4.79 Å². The van der Waals surface area contributed by atoms with Crippen molar-refractivity contribution in [2.45, 2.75) is 19.3 Å². The highest BCUT2D eigenvalue weighted by molar-refractivity contribution is 7.86. The summed E-state index contributed by atoms with van der Waals surface area (Å²) < 4.78 is 33.6. The predicted octanol–water partition coefficient (Wildman–Crippen LogP) is -0.481. The number of amides is 1. The van der Waals surface area contributed by atoms with Gasteiger partial charge in [0, 0.05) is 45.2 Å². The maximum absolute atomic E-state index is 12.8. The normalized spacial score (nSPS) is 30.0. The second-order valence-corrected chi connectivity index (χ2v) is 9.54. The Balaban J connectivity index is 0.00000196. The average Bonchev–Trinajstić information content (AvgIpc) is 3.35. The molecule has 1 atom stereocenters. The Morgan fingerprint density at radius 2 is 1.54 bits per heavy atom. The van der Waals surface area contributed by atoms with Crippen molar-refractivity contribution in [2.75, 3.05) is 65.6 Å². The minimum absolute atomic E-state index is 0. The number of piperazine rings is 1. The fourth-order valence-corrected chi connectivity index (χ4v) is 6.04. The summed E-state index contributed by atoms with van der Waals surface area (Å²) in [5, 5.41) is 3.36. The predicted molar refractivity (Wildman–Crippen MR) is 99.4 cm³/mol. The van der Waals surface area contributed by atoms with Gasteiger partial charge in [-0.25, -0.2) is 0 Å². The third kappa shape index (κ3) is 3.74. The lowest BCUT2D eigenvalue weighted by Crippen LogP contribution is -2.56. The van der Waals surface area contributed by atoms with Crippen LogP contribution < -0.4 is 5.32 Å². The van der Waals surface area contributed by atoms with Gasteiger partial charge in [0.15, 0.2) is 0 Å². The number of hydrogen-bond acceptors (Lipinski definition) is 5. The molecule has 0 aromatic carbocycles. The van der Waals surface area contributed by atoms with Gasteiger partial charge in [0.2, 0.25) is 5.91 Å². The van der Waals surface area contributed by atoms with Gasteiger partial charge >= 0.3 is 0 Å². The first kappa shape index (κ1) is 20.3. The van der Waals surface area contributed by atoms with E-state index in [0.717, 1.165) is 32.4 Å². The van der Waals surface area contributed by atoms with Gasteiger partial charge in [-0.05, 0) is 37.8 Å². The van der Waals surface area contributed by atoms with Crippen molar-refractivity contribution in [3.63, 3.8) is 0 Å². The van der Waals surface area contributed by atoms with Crippen molar-refractivity contribution < 1.29 is 17.9 Å². The Hall–Kier alpha value is -0.450. The summed E-state index contributed by atoms with van der Waals surface area (Å²) in [6.07, 6.45) is 3.20. The molecule has 1 N–H and O–H groups in total. The fraction of sp³-hybridized carbons (Fsp3) is 0.938. The van der Waals surface area contributed by atoms with Crippen LogP contribution in [0, 0.1) is 11.3 Å². The lowest BCUT2D eigenvalue weighted by atomic mass is 9.91. The van der Waals surface area contributed by atoms with Crippen molar-refractivity contribution in [1.29, 1.82) is 0 Å². The Labute approximate surface area is 161 Å². The number of nitrogens with one attached hydrogen (secondary N) is 1. The number of ether oxygens (including phenoxy) is 1. The molecule has 0 aromatic rings. The van der Waals surface area contributed by atoms with Crippen molar-refractivity contribution in [3.8, 4) is 0 Å². The Morgan fingerprint density at radius 3 is 2.15 bits per heavy atom. The van der Waals surface area contributed by atoms with E-state index in [0.29, 0.717) is 52.5 Å². The molecule has 0 aromatic heterocycles. The van der Waals surface area contributed by atoms with Gasteiger partial charge in [0.25, 0.3) is 10.2 Å². The third-order valence-corrected chi connectivity index (χ3v) is 8.30. The van der Waals surface area contributed by atoms with Crippen LogP contribution in [-0.2, 0) is 19.7 Å². The lowest BCUT2D eigenvalue weighted by Gasteiger charge is -2.38. The zero-order chi connectivity index (χ0) is 17.5. The van der Waals surface area contributed by atoms with Gasteiger partial charge in [-0.1, -0.05) is 0 Å². The van der Waals surface area contributed by atoms with Gasteiger partial charge in [-0.2, -0.15) is 17.0 Å². The van der Waals surface area contributed by atoms with E-state index in [2.05, 4.69) is 5.32 Å². The van der Waals surface area contributed by atoms with E-state index in [-0.39, 0.29) is 29.6 Å². The van der Waals surface area contributed by atoms with Crippen LogP contribution in [0.2, 0.25) is 0 Å². The van der Waals surface area contributed by atoms with E-state index in [1.54, 1.807) is 0 Å². The maximum Gasteiger partial charge on any atom is 0.282 e. The molecule has 1 spiro atoms. The molecule has 1 amide bonds. The lowest BCUT2D eigenvalue weighted by molar-refractivity contribution is -0.134. The van der Waals surface area contributed by atoms with E-state index in [1.807, 2.05) is 4.90 Å². The van der Waals surface area contributed by atoms with Crippen LogP contribution in [0.5, 0.6) is 0 Å². The molecule has 8 nitrogen and oxygen atoms in total. The molecule has 1 unspecified atom stereocenters. The Bertz CT molecular complexity index is 612. The number of rotatable bonds is 3. The standard InChI is InChI=1S/C16H28N4O4S.ClH/c21-15(14-13-16(14)1-3-17-4-2-16)18-5-7-19(8-6-18)25(22,23)20-9-11-24-12-10-20;/h14,17H,1-13H2;1H. The largest absolute Gasteiger partial charge is 0.379 e. The molecule has 10 heteroatoms. The first-order chi connectivity index (χ1) is 12.0.